The molecule has 0 amide bonds. The van der Waals surface area contributed by atoms with Crippen LogP contribution in [0, 0.1) is 18.6 Å². The highest BCUT2D eigenvalue weighted by atomic mass is 127. The smallest absolute Gasteiger partial charge is 0.191 e. The van der Waals surface area contributed by atoms with E-state index in [0.717, 1.165) is 35.5 Å². The van der Waals surface area contributed by atoms with E-state index in [2.05, 4.69) is 20.6 Å². The minimum absolute atomic E-state index is 0. The zero-order valence-corrected chi connectivity index (χ0v) is 18.2. The molecule has 2 N–H and O–H groups in total. The van der Waals surface area contributed by atoms with Crippen molar-refractivity contribution in [1.29, 1.82) is 0 Å². The van der Waals surface area contributed by atoms with Crippen molar-refractivity contribution in [3.8, 4) is 0 Å². The summed E-state index contributed by atoms with van der Waals surface area (Å²) in [5.41, 5.74) is 3.28. The van der Waals surface area contributed by atoms with Crippen molar-refractivity contribution in [2.24, 2.45) is 4.99 Å². The van der Waals surface area contributed by atoms with Gasteiger partial charge in [0.2, 0.25) is 0 Å². The maximum Gasteiger partial charge on any atom is 0.191 e. The molecule has 0 aliphatic rings. The number of hydrogen-bond donors (Lipinski definition) is 2. The molecule has 0 aliphatic heterocycles. The van der Waals surface area contributed by atoms with Crippen LogP contribution < -0.4 is 10.6 Å². The topological polar surface area (TPSA) is 53.7 Å². The van der Waals surface area contributed by atoms with Crippen LogP contribution in [0.15, 0.2) is 47.7 Å². The summed E-state index contributed by atoms with van der Waals surface area (Å²) in [4.78, 5) is 8.98. The van der Waals surface area contributed by atoms with E-state index < -0.39 is 11.6 Å². The highest BCUT2D eigenvalue weighted by Gasteiger charge is 2.06. The lowest BCUT2D eigenvalue weighted by atomic mass is 10.2. The zero-order chi connectivity index (χ0) is 19.2. The van der Waals surface area contributed by atoms with E-state index in [0.29, 0.717) is 19.0 Å². The summed E-state index contributed by atoms with van der Waals surface area (Å²) in [6.07, 6.45) is 4.71. The summed E-state index contributed by atoms with van der Waals surface area (Å²) in [5, 5.41) is 6.31. The van der Waals surface area contributed by atoms with Gasteiger partial charge in [0.1, 0.15) is 17.3 Å². The van der Waals surface area contributed by atoms with Crippen molar-refractivity contribution >= 4 is 35.6 Å². The molecule has 8 heteroatoms. The molecule has 0 radical (unpaired) electrons. The first kappa shape index (κ1) is 22.1. The number of fused-ring (bicyclic) bond motifs is 1. The van der Waals surface area contributed by atoms with Gasteiger partial charge in [-0.05, 0) is 43.7 Å². The second-order valence-corrected chi connectivity index (χ2v) is 6.26. The van der Waals surface area contributed by atoms with Gasteiger partial charge < -0.3 is 15.0 Å². The molecule has 0 unspecified atom stereocenters. The number of hydrogen-bond acceptors (Lipinski definition) is 2. The fourth-order valence-corrected chi connectivity index (χ4v) is 2.80. The molecule has 3 aromatic rings. The van der Waals surface area contributed by atoms with E-state index >= 15 is 0 Å². The second-order valence-electron chi connectivity index (χ2n) is 6.26. The number of halogens is 3. The Bertz CT molecular complexity index is 955. The third-order valence-electron chi connectivity index (χ3n) is 4.16. The van der Waals surface area contributed by atoms with Crippen LogP contribution in [0.25, 0.3) is 5.65 Å². The van der Waals surface area contributed by atoms with Crippen molar-refractivity contribution in [2.45, 2.75) is 26.8 Å². The van der Waals surface area contributed by atoms with Gasteiger partial charge in [-0.2, -0.15) is 0 Å². The van der Waals surface area contributed by atoms with Crippen LogP contribution >= 0.6 is 24.0 Å². The normalized spacial score (nSPS) is 11.4. The molecule has 3 rings (SSSR count). The molecular formula is C20H24F2IN5. The molecule has 5 nitrogen and oxygen atoms in total. The molecule has 0 aliphatic carbocycles. The van der Waals surface area contributed by atoms with Gasteiger partial charge in [0, 0.05) is 37.5 Å². The number of aryl methyl sites for hydroxylation is 1. The lowest BCUT2D eigenvalue weighted by Crippen LogP contribution is -2.38. The minimum atomic E-state index is -0.471. The average molecular weight is 499 g/mol. The molecule has 0 saturated carbocycles. The van der Waals surface area contributed by atoms with Crippen LogP contribution in [-0.2, 0) is 13.0 Å². The van der Waals surface area contributed by atoms with Gasteiger partial charge in [-0.1, -0.05) is 6.07 Å². The second kappa shape index (κ2) is 10.4. The van der Waals surface area contributed by atoms with Crippen LogP contribution in [0.4, 0.5) is 8.78 Å². The Labute approximate surface area is 180 Å². The molecule has 28 heavy (non-hydrogen) atoms. The number of nitrogens with zero attached hydrogens (tertiary/aromatic N) is 3. The number of rotatable bonds is 6. The van der Waals surface area contributed by atoms with E-state index in [1.54, 1.807) is 0 Å². The number of pyridine rings is 1. The van der Waals surface area contributed by atoms with E-state index in [1.807, 2.05) is 42.8 Å². The summed E-state index contributed by atoms with van der Waals surface area (Å²) in [6.45, 7) is 5.34. The first-order chi connectivity index (χ1) is 13.1. The molecular weight excluding hydrogens is 475 g/mol. The Balaban J connectivity index is 0.00000280. The molecule has 0 atom stereocenters. The molecule has 0 bridgehead atoms. The standard InChI is InChI=1S/C20H23F2N5.HI/c1-3-23-20(25-12-15-11-16(21)6-7-18(15)22)24-9-8-17-13-27-10-4-5-14(2)19(27)26-17;/h4-7,10-11,13H,3,8-9,12H2,1-2H3,(H2,23,24,25);1H. The molecule has 150 valence electrons. The SMILES string of the molecule is CCNC(=NCc1cc(F)ccc1F)NCCc1cn2cccc(C)c2n1.I. The average Bonchev–Trinajstić information content (AvgIpc) is 3.06. The predicted molar refractivity (Wildman–Crippen MR) is 118 cm³/mol. The van der Waals surface area contributed by atoms with Crippen LogP contribution in [0.1, 0.15) is 23.7 Å². The van der Waals surface area contributed by atoms with Gasteiger partial charge in [-0.25, -0.2) is 18.8 Å². The molecule has 1 aromatic carbocycles. The minimum Gasteiger partial charge on any atom is -0.357 e. The maximum atomic E-state index is 13.7. The van der Waals surface area contributed by atoms with Gasteiger partial charge in [0.25, 0.3) is 0 Å². The highest BCUT2D eigenvalue weighted by Crippen LogP contribution is 2.11. The highest BCUT2D eigenvalue weighted by molar-refractivity contribution is 14.0. The largest absolute Gasteiger partial charge is 0.357 e. The maximum absolute atomic E-state index is 13.7. The van der Waals surface area contributed by atoms with Gasteiger partial charge in [0.15, 0.2) is 5.96 Å². The number of aliphatic imine (C=N–C) groups is 1. The van der Waals surface area contributed by atoms with Crippen molar-refractivity contribution in [1.82, 2.24) is 20.0 Å². The number of benzene rings is 1. The van der Waals surface area contributed by atoms with E-state index in [9.17, 15) is 8.78 Å². The van der Waals surface area contributed by atoms with Gasteiger partial charge in [0.05, 0.1) is 12.2 Å². The first-order valence-electron chi connectivity index (χ1n) is 8.96. The summed E-state index contributed by atoms with van der Waals surface area (Å²) in [5.74, 6) is -0.376. The first-order valence-corrected chi connectivity index (χ1v) is 8.96. The summed E-state index contributed by atoms with van der Waals surface area (Å²) in [6, 6.07) is 7.41. The summed E-state index contributed by atoms with van der Waals surface area (Å²) < 4.78 is 29.0. The van der Waals surface area contributed by atoms with Crippen molar-refractivity contribution in [3.63, 3.8) is 0 Å². The van der Waals surface area contributed by atoms with Crippen molar-refractivity contribution in [3.05, 3.63) is 71.2 Å². The third-order valence-corrected chi connectivity index (χ3v) is 4.16. The van der Waals surface area contributed by atoms with Crippen molar-refractivity contribution < 1.29 is 8.78 Å². The zero-order valence-electron chi connectivity index (χ0n) is 15.9. The summed E-state index contributed by atoms with van der Waals surface area (Å²) in [7, 11) is 0. The molecule has 2 heterocycles. The lowest BCUT2D eigenvalue weighted by molar-refractivity contribution is 0.585. The van der Waals surface area contributed by atoms with Gasteiger partial charge >= 0.3 is 0 Å². The fraction of sp³-hybridized carbons (Fsp3) is 0.300. The van der Waals surface area contributed by atoms with E-state index in [4.69, 9.17) is 0 Å². The Morgan fingerprint density at radius 2 is 2.04 bits per heavy atom. The van der Waals surface area contributed by atoms with Gasteiger partial charge in [-0.3, -0.25) is 0 Å². The number of aromatic nitrogens is 2. The molecule has 0 spiro atoms. The van der Waals surface area contributed by atoms with Crippen LogP contribution in [0.2, 0.25) is 0 Å². The molecule has 0 fully saturated rings. The van der Waals surface area contributed by atoms with Crippen molar-refractivity contribution in [2.75, 3.05) is 13.1 Å². The van der Waals surface area contributed by atoms with Gasteiger partial charge in [-0.15, -0.1) is 24.0 Å². The van der Waals surface area contributed by atoms with Crippen LogP contribution in [-0.4, -0.2) is 28.4 Å². The number of nitrogens with one attached hydrogen (secondary N) is 2. The molecule has 2 aromatic heterocycles. The quantitative estimate of drug-likeness (QED) is 0.308. The Morgan fingerprint density at radius 1 is 1.21 bits per heavy atom. The molecule has 0 saturated heterocycles. The van der Waals surface area contributed by atoms with E-state index in [-0.39, 0.29) is 36.1 Å². The monoisotopic (exact) mass is 499 g/mol. The Hall–Kier alpha value is -2.23. The van der Waals surface area contributed by atoms with Crippen LogP contribution in [0.3, 0.4) is 0 Å². The Morgan fingerprint density at radius 3 is 2.79 bits per heavy atom. The Kier molecular flexibility index (Phi) is 8.16. The predicted octanol–water partition coefficient (Wildman–Crippen LogP) is 3.84. The number of guanidine groups is 1. The van der Waals surface area contributed by atoms with E-state index in [1.165, 1.54) is 6.07 Å². The number of imidazole rings is 1. The fourth-order valence-electron chi connectivity index (χ4n) is 2.80. The van der Waals surface area contributed by atoms with Crippen LogP contribution in [0.5, 0.6) is 0 Å². The lowest BCUT2D eigenvalue weighted by Gasteiger charge is -2.11. The summed E-state index contributed by atoms with van der Waals surface area (Å²) >= 11 is 0. The third kappa shape index (κ3) is 5.63.